The monoisotopic (exact) mass is 1850 g/mol. The number of allylic oxidation sites excluding steroid dienone is 4. The van der Waals surface area contributed by atoms with E-state index in [1.807, 2.05) is 155 Å². The Labute approximate surface area is 807 Å². The van der Waals surface area contributed by atoms with E-state index in [4.69, 9.17) is 61.6 Å². The summed E-state index contributed by atoms with van der Waals surface area (Å²) in [5.41, 5.74) is 29.9. The molecular formula is C114H114N10O14. The zero-order valence-corrected chi connectivity index (χ0v) is 79.0. The van der Waals surface area contributed by atoms with Crippen molar-refractivity contribution < 1.29 is 66.4 Å². The van der Waals surface area contributed by atoms with Crippen molar-refractivity contribution in [3.05, 3.63) is 283 Å². The van der Waals surface area contributed by atoms with Crippen LogP contribution in [0.3, 0.4) is 0 Å². The summed E-state index contributed by atoms with van der Waals surface area (Å²) in [7, 11) is 3.27. The van der Waals surface area contributed by atoms with Gasteiger partial charge >= 0.3 is 6.09 Å². The topological polar surface area (TPSA) is 290 Å². The number of carbonyl (C=O) groups is 1. The molecule has 6 aromatic carbocycles. The molecule has 7 aliphatic heterocycles. The summed E-state index contributed by atoms with van der Waals surface area (Å²) >= 11 is 0. The highest BCUT2D eigenvalue weighted by Crippen LogP contribution is 2.45. The number of nitrogens with zero attached hydrogens (tertiary/aromatic N) is 10. The standard InChI is InChI=1S/C31H31N3O3.C30H33N3O4.C28H26N2O4.C25H24N2O3/c32-20-26-17-24(5-6-31(26)37-27-8-13-35-14-9-27)28-7-10-33-30-19-25(18-29(28)30)23-3-1-22(2-4-23)21-34-11-15-36-16-12-34;1-30(2,3)37-29(34)33-12-7-20(8-13-33)22-17-26-25(6-11-32-27(26)18-22)21-4-5-28(23(16-21)19-31)36-24-9-14-35-15-10-24;1-31-27-6-3-18(16-28(27)32-2)20-14-24-23(7-10-30-25(24)15-20)19-4-5-26(21(13-19)17-29)34-22-8-11-33-12-9-22;26-16-20-13-18(1-2-25(20)30-21-6-11-29-12-7-21)22-3-8-27-24-15-19(14-23(22)24)17-4-9-28-10-5-17/h1-7,10,17-18,27H,8-9,11-16,19,21H2;4-7,11,16-17,24H,8-10,12-15,18H2,1-3H3;3-7,10,13-14,16,22H,8-9,11-12,15H2,1-2H3;1-4,8,13-14,21H,5-7,9-12,15H2. The number of nitriles is 4. The lowest BCUT2D eigenvalue weighted by atomic mass is 9.98. The van der Waals surface area contributed by atoms with Gasteiger partial charge in [0.25, 0.3) is 0 Å². The van der Waals surface area contributed by atoms with E-state index in [0.717, 1.165) is 230 Å². The lowest BCUT2D eigenvalue weighted by Gasteiger charge is -2.29. The Morgan fingerprint density at radius 3 is 1.07 bits per heavy atom. The fraction of sp³-hybridized carbons (Fsp3) is 0.360. The van der Waals surface area contributed by atoms with Crippen LogP contribution >= 0.6 is 0 Å². The molecule has 0 bridgehead atoms. The Bertz CT molecular complexity index is 6530. The Balaban J connectivity index is 0.000000123. The molecule has 24 heteroatoms. The predicted molar refractivity (Wildman–Crippen MR) is 528 cm³/mol. The molecule has 11 aliphatic rings. The number of rotatable bonds is 20. The van der Waals surface area contributed by atoms with E-state index in [2.05, 4.69) is 116 Å². The molecule has 0 saturated carbocycles. The van der Waals surface area contributed by atoms with E-state index < -0.39 is 5.60 Å². The van der Waals surface area contributed by atoms with Gasteiger partial charge in [-0.3, -0.25) is 24.8 Å². The van der Waals surface area contributed by atoms with Gasteiger partial charge in [-0.1, -0.05) is 66.7 Å². The molecule has 5 fully saturated rings. The maximum atomic E-state index is 12.4. The van der Waals surface area contributed by atoms with Crippen molar-refractivity contribution in [1.82, 2.24) is 29.7 Å². The molecule has 11 heterocycles. The summed E-state index contributed by atoms with van der Waals surface area (Å²) in [4.78, 5) is 35.2. The fourth-order valence-corrected chi connectivity index (χ4v) is 19.3. The summed E-state index contributed by atoms with van der Waals surface area (Å²) in [6, 6.07) is 55.7. The summed E-state index contributed by atoms with van der Waals surface area (Å²) < 4.78 is 73.5. The van der Waals surface area contributed by atoms with Gasteiger partial charge in [0.15, 0.2) is 11.5 Å². The Morgan fingerprint density at radius 1 is 0.370 bits per heavy atom. The first kappa shape index (κ1) is 94.5. The van der Waals surface area contributed by atoms with Crippen LogP contribution in [-0.2, 0) is 65.4 Å². The minimum absolute atomic E-state index is 0.0809. The first-order valence-electron chi connectivity index (χ1n) is 48.0. The molecule has 4 aliphatic carbocycles. The normalized spacial score (nSPS) is 17.6. The third-order valence-corrected chi connectivity index (χ3v) is 26.7. The van der Waals surface area contributed by atoms with Crippen molar-refractivity contribution in [2.45, 2.75) is 147 Å². The zero-order chi connectivity index (χ0) is 94.9. The van der Waals surface area contributed by atoms with E-state index in [0.29, 0.717) is 129 Å². The first-order valence-corrected chi connectivity index (χ1v) is 48.0. The molecule has 1 amide bonds. The number of morpholine rings is 1. The van der Waals surface area contributed by atoms with Crippen LogP contribution < -0.4 is 28.4 Å². The highest BCUT2D eigenvalue weighted by Gasteiger charge is 2.32. The van der Waals surface area contributed by atoms with Gasteiger partial charge in [-0.05, 0) is 237 Å². The lowest BCUT2D eigenvalue weighted by Crippen LogP contribution is -2.39. The van der Waals surface area contributed by atoms with E-state index >= 15 is 0 Å². The number of fused-ring (bicyclic) bond motifs is 4. The number of hydrogen-bond donors (Lipinski definition) is 0. The first-order chi connectivity index (χ1) is 67.6. The summed E-state index contributed by atoms with van der Waals surface area (Å²) in [5, 5.41) is 39.2. The second-order valence-corrected chi connectivity index (χ2v) is 36.9. The summed E-state index contributed by atoms with van der Waals surface area (Å²) in [6.45, 7) is 18.5. The molecule has 0 spiro atoms. The highest BCUT2D eigenvalue weighted by molar-refractivity contribution is 5.95. The average molecular weight is 1850 g/mol. The minimum atomic E-state index is -0.501. The van der Waals surface area contributed by atoms with E-state index in [1.165, 1.54) is 39.0 Å². The average Bonchev–Trinajstić information content (AvgIpc) is 1.63. The van der Waals surface area contributed by atoms with Crippen molar-refractivity contribution in [3.8, 4) is 103 Å². The van der Waals surface area contributed by atoms with Gasteiger partial charge in [-0.25, -0.2) is 4.79 Å². The molecule has 4 aromatic heterocycles. The zero-order valence-electron chi connectivity index (χ0n) is 79.0. The van der Waals surface area contributed by atoms with Crippen molar-refractivity contribution in [1.29, 1.82) is 21.0 Å². The van der Waals surface area contributed by atoms with Gasteiger partial charge < -0.3 is 66.5 Å². The number of pyridine rings is 4. The highest BCUT2D eigenvalue weighted by atomic mass is 16.6. The number of methoxy groups -OCH3 is 2. The van der Waals surface area contributed by atoms with Gasteiger partial charge in [-0.2, -0.15) is 21.0 Å². The van der Waals surface area contributed by atoms with Gasteiger partial charge in [0.1, 0.15) is 77.3 Å². The van der Waals surface area contributed by atoms with Crippen LogP contribution in [0, 0.1) is 45.3 Å². The summed E-state index contributed by atoms with van der Waals surface area (Å²) in [6.07, 6.45) is 32.4. The summed E-state index contributed by atoms with van der Waals surface area (Å²) in [5.74, 6) is 3.96. The molecule has 24 nitrogen and oxygen atoms in total. The van der Waals surface area contributed by atoms with Crippen molar-refractivity contribution in [3.63, 3.8) is 0 Å². The minimum Gasteiger partial charge on any atom is -0.493 e. The quantitative estimate of drug-likeness (QED) is 0.0685. The number of amides is 1. The number of ether oxygens (including phenoxy) is 13. The van der Waals surface area contributed by atoms with Crippen LogP contribution in [0.1, 0.15) is 169 Å². The molecule has 5 saturated heterocycles. The molecule has 704 valence electrons. The van der Waals surface area contributed by atoms with Gasteiger partial charge in [0.05, 0.1) is 139 Å². The molecule has 138 heavy (non-hydrogen) atoms. The van der Waals surface area contributed by atoms with E-state index in [9.17, 15) is 25.8 Å². The van der Waals surface area contributed by atoms with Gasteiger partial charge in [0.2, 0.25) is 0 Å². The molecular weight excluding hydrogens is 1730 g/mol. The Morgan fingerprint density at radius 2 is 0.717 bits per heavy atom. The maximum absolute atomic E-state index is 12.4. The van der Waals surface area contributed by atoms with Gasteiger partial charge in [-0.15, -0.1) is 0 Å². The number of hydrogen-bond acceptors (Lipinski definition) is 23. The molecule has 10 aromatic rings. The van der Waals surface area contributed by atoms with Crippen LogP contribution in [0.4, 0.5) is 4.79 Å². The molecule has 0 unspecified atom stereocenters. The van der Waals surface area contributed by atoms with Crippen LogP contribution in [0.2, 0.25) is 0 Å². The van der Waals surface area contributed by atoms with Gasteiger partial charge in [0, 0.05) is 157 Å². The van der Waals surface area contributed by atoms with Crippen molar-refractivity contribution in [2.24, 2.45) is 0 Å². The van der Waals surface area contributed by atoms with Crippen molar-refractivity contribution >= 4 is 41.5 Å². The Kier molecular flexibility index (Phi) is 30.5. The Hall–Kier alpha value is -13.9. The van der Waals surface area contributed by atoms with Crippen LogP contribution in [0.5, 0.6) is 34.5 Å². The smallest absolute Gasteiger partial charge is 0.410 e. The largest absolute Gasteiger partial charge is 0.493 e. The number of benzene rings is 6. The predicted octanol–water partition coefficient (Wildman–Crippen LogP) is 20.5. The second kappa shape index (κ2) is 44.5. The molecule has 0 radical (unpaired) electrons. The molecule has 21 rings (SSSR count). The maximum Gasteiger partial charge on any atom is 0.410 e. The third-order valence-electron chi connectivity index (χ3n) is 26.7. The fourth-order valence-electron chi connectivity index (χ4n) is 19.3. The van der Waals surface area contributed by atoms with Crippen molar-refractivity contribution in [2.75, 3.05) is 120 Å². The molecule has 0 atom stereocenters. The second-order valence-electron chi connectivity index (χ2n) is 36.9. The SMILES string of the molecule is CC(C)(C)OC(=O)N1CC=C(C2=Cc3c(-c4ccc(OC5CCOCC5)c(C#N)c4)ccnc3C2)CC1.COc1ccc(C2=Cc3c(-c4ccc(OC5CCOCC5)c(C#N)c4)ccnc3C2)cc1OC.N#Cc1cc(-c2ccnc3c2C=C(C2=CCOCC2)C3)ccc1OC1CCOCC1.N#Cc1cc(-c2ccnc3c2C=C(c2ccc(CN4CCOCC4)cc2)C3)ccc1OC1CCOCC1. The van der Waals surface area contributed by atoms with Crippen LogP contribution in [0.25, 0.3) is 80.0 Å². The third kappa shape index (κ3) is 22.8. The number of aromatic nitrogens is 4. The number of carbonyl (C=O) groups excluding carboxylic acids is 1. The van der Waals surface area contributed by atoms with Crippen LogP contribution in [0.15, 0.2) is 199 Å². The lowest BCUT2D eigenvalue weighted by molar-refractivity contribution is 0.0252. The van der Waals surface area contributed by atoms with E-state index in [-0.39, 0.29) is 30.5 Å². The van der Waals surface area contributed by atoms with Crippen LogP contribution in [-0.4, -0.2) is 186 Å². The van der Waals surface area contributed by atoms with E-state index in [1.54, 1.807) is 19.1 Å². The molecule has 0 N–H and O–H groups in total.